The van der Waals surface area contributed by atoms with E-state index in [0.717, 1.165) is 4.68 Å². The van der Waals surface area contributed by atoms with Crippen LogP contribution in [0.4, 0.5) is 13.2 Å². The summed E-state index contributed by atoms with van der Waals surface area (Å²) in [5.74, 6) is -2.92. The van der Waals surface area contributed by atoms with Crippen molar-refractivity contribution in [2.24, 2.45) is 0 Å². The topological polar surface area (TPSA) is 113 Å². The van der Waals surface area contributed by atoms with Crippen molar-refractivity contribution < 1.29 is 32.2 Å². The van der Waals surface area contributed by atoms with E-state index in [0.29, 0.717) is 11.3 Å². The molecular weight excluding hydrogens is 481 g/mol. The number of ether oxygens (including phenoxy) is 2. The Kier molecular flexibility index (Phi) is 8.93. The summed E-state index contributed by atoms with van der Waals surface area (Å²) < 4.78 is 50.9. The Morgan fingerprint density at radius 1 is 1.08 bits per heavy atom. The molecule has 0 aliphatic heterocycles. The van der Waals surface area contributed by atoms with Crippen molar-refractivity contribution in [2.45, 2.75) is 31.3 Å². The molecule has 1 heterocycles. The Hall–Kier alpha value is -4.47. The third kappa shape index (κ3) is 7.52. The molecule has 3 rings (SSSR count). The summed E-state index contributed by atoms with van der Waals surface area (Å²) in [6, 6.07) is 14.9. The van der Waals surface area contributed by atoms with Gasteiger partial charge in [0, 0.05) is 0 Å². The number of alkyl halides is 3. The number of halogens is 3. The van der Waals surface area contributed by atoms with Crippen molar-refractivity contribution in [3.05, 3.63) is 83.5 Å². The van der Waals surface area contributed by atoms with Crippen molar-refractivity contribution >= 4 is 11.9 Å². The molecule has 10 nitrogen and oxygen atoms in total. The first kappa shape index (κ1) is 26.1. The predicted molar refractivity (Wildman–Crippen MR) is 118 cm³/mol. The van der Waals surface area contributed by atoms with Crippen molar-refractivity contribution in [1.82, 2.24) is 25.5 Å². The highest BCUT2D eigenvalue weighted by atomic mass is 19.4. The fraction of sp³-hybridized carbons (Fsp3) is 0.304. The maximum atomic E-state index is 13.0. The monoisotopic (exact) mass is 502 g/mol. The zero-order valence-corrected chi connectivity index (χ0v) is 18.8. The van der Waals surface area contributed by atoms with Crippen LogP contribution in [0.3, 0.4) is 0 Å². The molecule has 0 aliphatic carbocycles. The van der Waals surface area contributed by atoms with Gasteiger partial charge in [-0.05, 0) is 28.1 Å². The number of carbonyl (C=O) groups excluding carboxylic acids is 2. The van der Waals surface area contributed by atoms with Gasteiger partial charge in [0.05, 0.1) is 6.42 Å². The molecule has 1 unspecified atom stereocenters. The molecule has 0 spiro atoms. The Bertz CT molecular complexity index is 1180. The minimum absolute atomic E-state index is 0.0944. The second kappa shape index (κ2) is 12.3. The van der Waals surface area contributed by atoms with Crippen LogP contribution in [0, 0.1) is 6.57 Å². The standard InChI is InChI=1S/C23H21F3N6O4/c1-27-13-17(15-35-18-10-6-3-7-11-18)32-21(29-30-31-32)19(28-22(34)23(24,25)26)12-20(33)36-14-16-8-4-2-5-9-16/h2-11,17,19H,12-15H2,(H,28,34)/t17?,19-/m1/s1. The first-order chi connectivity index (χ1) is 17.3. The van der Waals surface area contributed by atoms with Crippen LogP contribution in [0.5, 0.6) is 5.75 Å². The van der Waals surface area contributed by atoms with Crippen LogP contribution in [0.25, 0.3) is 4.85 Å². The van der Waals surface area contributed by atoms with Gasteiger partial charge >= 0.3 is 18.1 Å². The summed E-state index contributed by atoms with van der Waals surface area (Å²) in [7, 11) is 0. The van der Waals surface area contributed by atoms with Gasteiger partial charge in [0.2, 0.25) is 6.54 Å². The molecule has 0 fully saturated rings. The first-order valence-corrected chi connectivity index (χ1v) is 10.6. The SMILES string of the molecule is [C-]#[N+]CC(COc1ccccc1)n1nnnc1[C@@H](CC(=O)OCc1ccccc1)NC(=O)C(F)(F)F. The molecule has 188 valence electrons. The minimum Gasteiger partial charge on any atom is -0.491 e. The quantitative estimate of drug-likeness (QED) is 0.317. The minimum atomic E-state index is -5.21. The molecule has 0 aliphatic rings. The number of para-hydroxylation sites is 1. The lowest BCUT2D eigenvalue weighted by Crippen LogP contribution is -2.41. The third-order valence-corrected chi connectivity index (χ3v) is 4.84. The molecule has 1 amide bonds. The molecule has 0 bridgehead atoms. The summed E-state index contributed by atoms with van der Waals surface area (Å²) in [4.78, 5) is 27.5. The summed E-state index contributed by atoms with van der Waals surface area (Å²) in [6.45, 7) is 6.85. The van der Waals surface area contributed by atoms with E-state index < -0.39 is 36.6 Å². The number of aromatic nitrogens is 4. The smallest absolute Gasteiger partial charge is 0.471 e. The van der Waals surface area contributed by atoms with Gasteiger partial charge in [-0.15, -0.1) is 5.10 Å². The van der Waals surface area contributed by atoms with E-state index in [1.165, 1.54) is 0 Å². The van der Waals surface area contributed by atoms with Gasteiger partial charge in [-0.1, -0.05) is 48.5 Å². The molecule has 0 saturated carbocycles. The zero-order chi connectivity index (χ0) is 26.0. The molecule has 0 saturated heterocycles. The average Bonchev–Trinajstić information content (AvgIpc) is 3.35. The van der Waals surface area contributed by atoms with Gasteiger partial charge in [-0.25, -0.2) is 11.3 Å². The third-order valence-electron chi connectivity index (χ3n) is 4.84. The van der Waals surface area contributed by atoms with E-state index >= 15 is 0 Å². The van der Waals surface area contributed by atoms with Crippen LogP contribution in [-0.2, 0) is 20.9 Å². The molecule has 3 aromatic rings. The lowest BCUT2D eigenvalue weighted by molar-refractivity contribution is -0.174. The number of tetrazole rings is 1. The summed E-state index contributed by atoms with van der Waals surface area (Å²) in [5, 5.41) is 12.8. The fourth-order valence-electron chi connectivity index (χ4n) is 3.12. The van der Waals surface area contributed by atoms with E-state index in [4.69, 9.17) is 16.0 Å². The van der Waals surface area contributed by atoms with Gasteiger partial charge in [-0.3, -0.25) is 9.59 Å². The lowest BCUT2D eigenvalue weighted by atomic mass is 10.1. The van der Waals surface area contributed by atoms with Crippen LogP contribution in [0.1, 0.15) is 29.9 Å². The van der Waals surface area contributed by atoms with Crippen molar-refractivity contribution in [2.75, 3.05) is 13.2 Å². The summed E-state index contributed by atoms with van der Waals surface area (Å²) >= 11 is 0. The second-order valence-electron chi connectivity index (χ2n) is 7.47. The lowest BCUT2D eigenvalue weighted by Gasteiger charge is -2.21. The number of rotatable bonds is 11. The maximum absolute atomic E-state index is 13.0. The molecule has 1 N–H and O–H groups in total. The van der Waals surface area contributed by atoms with Crippen LogP contribution in [0.2, 0.25) is 0 Å². The van der Waals surface area contributed by atoms with E-state index in [1.54, 1.807) is 66.0 Å². The average molecular weight is 502 g/mol. The van der Waals surface area contributed by atoms with Crippen molar-refractivity contribution in [3.8, 4) is 5.75 Å². The number of carbonyl (C=O) groups is 2. The van der Waals surface area contributed by atoms with E-state index in [1.807, 2.05) is 0 Å². The van der Waals surface area contributed by atoms with Crippen molar-refractivity contribution in [1.29, 1.82) is 0 Å². The largest absolute Gasteiger partial charge is 0.491 e. The number of nitrogens with one attached hydrogen (secondary N) is 1. The highest BCUT2D eigenvalue weighted by molar-refractivity contribution is 5.82. The predicted octanol–water partition coefficient (Wildman–Crippen LogP) is 3.07. The number of hydrogen-bond donors (Lipinski definition) is 1. The normalized spacial score (nSPS) is 12.7. The second-order valence-corrected chi connectivity index (χ2v) is 7.47. The number of hydrogen-bond acceptors (Lipinski definition) is 7. The number of esters is 1. The molecule has 2 atom stereocenters. The number of amides is 1. The molecule has 2 aromatic carbocycles. The van der Waals surface area contributed by atoms with E-state index in [-0.39, 0.29) is 25.6 Å². The Balaban J connectivity index is 1.80. The Labute approximate surface area is 203 Å². The van der Waals surface area contributed by atoms with Crippen LogP contribution in [-0.4, -0.2) is 51.4 Å². The van der Waals surface area contributed by atoms with E-state index in [2.05, 4.69) is 20.4 Å². The summed E-state index contributed by atoms with van der Waals surface area (Å²) in [5.41, 5.74) is 0.668. The highest BCUT2D eigenvalue weighted by Gasteiger charge is 2.41. The molecule has 36 heavy (non-hydrogen) atoms. The first-order valence-electron chi connectivity index (χ1n) is 10.6. The van der Waals surface area contributed by atoms with Gasteiger partial charge in [-0.2, -0.15) is 13.2 Å². The van der Waals surface area contributed by atoms with Crippen molar-refractivity contribution in [3.63, 3.8) is 0 Å². The fourth-order valence-corrected chi connectivity index (χ4v) is 3.12. The zero-order valence-electron chi connectivity index (χ0n) is 18.8. The molecule has 13 heteroatoms. The van der Waals surface area contributed by atoms with Gasteiger partial charge in [0.15, 0.2) is 11.9 Å². The molecule has 1 aromatic heterocycles. The highest BCUT2D eigenvalue weighted by Crippen LogP contribution is 2.23. The molecule has 0 radical (unpaired) electrons. The summed E-state index contributed by atoms with van der Waals surface area (Å²) in [6.07, 6.45) is -5.89. The number of nitrogens with zero attached hydrogens (tertiary/aromatic N) is 5. The molecular formula is C23H21F3N6O4. The number of benzene rings is 2. The van der Waals surface area contributed by atoms with Crippen LogP contribution >= 0.6 is 0 Å². The van der Waals surface area contributed by atoms with Gasteiger partial charge in [0.25, 0.3) is 0 Å². The van der Waals surface area contributed by atoms with Gasteiger partial charge < -0.3 is 19.6 Å². The van der Waals surface area contributed by atoms with Crippen LogP contribution < -0.4 is 10.1 Å². The van der Waals surface area contributed by atoms with Gasteiger partial charge in [0.1, 0.15) is 25.0 Å². The Morgan fingerprint density at radius 2 is 1.75 bits per heavy atom. The van der Waals surface area contributed by atoms with Crippen LogP contribution in [0.15, 0.2) is 60.7 Å². The Morgan fingerprint density at radius 3 is 2.39 bits per heavy atom. The maximum Gasteiger partial charge on any atom is 0.471 e. The van der Waals surface area contributed by atoms with E-state index in [9.17, 15) is 22.8 Å².